The number of rotatable bonds is 10. The highest BCUT2D eigenvalue weighted by molar-refractivity contribution is 5.82. The number of amides is 1. The molecule has 1 amide bonds. The number of aliphatic carboxylic acids is 1. The lowest BCUT2D eigenvalue weighted by molar-refractivity contribution is -0.143. The molecule has 0 saturated heterocycles. The Morgan fingerprint density at radius 1 is 1.09 bits per heavy atom. The van der Waals surface area contributed by atoms with Gasteiger partial charge >= 0.3 is 12.1 Å². The highest BCUT2D eigenvalue weighted by Crippen LogP contribution is 2.33. The van der Waals surface area contributed by atoms with Gasteiger partial charge in [-0.3, -0.25) is 4.90 Å². The first-order valence-corrected chi connectivity index (χ1v) is 14.2. The standard InChI is InChI=1S/C28H30N2O7.C5H11N/c1-18-24(29-19(2)36-18)16-17-35-22-10-8-20(9-11-22)25-6-4-5-7-26(27(31)32)30(25)28(33)37-23-14-12-21(34-3)13-15-23;1-3-4-5(2)6/h4-5,8-15,25-26H,6-7,16-17H2,1-3H3,(H,31,32);3,5H,1,4,6H2,2H3/t25-,26-;/m0./s1. The molecule has 0 fully saturated rings. The molecule has 0 radical (unpaired) electrons. The highest BCUT2D eigenvalue weighted by atomic mass is 16.6. The van der Waals surface area contributed by atoms with E-state index >= 15 is 0 Å². The number of benzene rings is 2. The van der Waals surface area contributed by atoms with Gasteiger partial charge in [-0.25, -0.2) is 14.6 Å². The zero-order valence-corrected chi connectivity index (χ0v) is 25.2. The smallest absolute Gasteiger partial charge is 0.416 e. The fraction of sp³-hybridized carbons (Fsp3) is 0.364. The molecule has 1 aromatic heterocycles. The predicted molar refractivity (Wildman–Crippen MR) is 163 cm³/mol. The summed E-state index contributed by atoms with van der Waals surface area (Å²) in [6.45, 7) is 9.60. The zero-order chi connectivity index (χ0) is 31.4. The average Bonchev–Trinajstić information content (AvgIpc) is 3.16. The number of hydrogen-bond donors (Lipinski definition) is 2. The van der Waals surface area contributed by atoms with E-state index in [2.05, 4.69) is 11.6 Å². The third-order valence-electron chi connectivity index (χ3n) is 6.73. The number of carbonyl (C=O) groups is 2. The van der Waals surface area contributed by atoms with E-state index < -0.39 is 24.1 Å². The molecular formula is C33H41N3O7. The van der Waals surface area contributed by atoms with Crippen molar-refractivity contribution in [3.05, 3.63) is 96.2 Å². The molecule has 43 heavy (non-hydrogen) atoms. The molecular weight excluding hydrogens is 550 g/mol. The second-order valence-corrected chi connectivity index (χ2v) is 10.2. The van der Waals surface area contributed by atoms with Gasteiger partial charge in [0, 0.05) is 19.4 Å². The number of carbonyl (C=O) groups excluding carboxylic acids is 1. The molecule has 10 heteroatoms. The van der Waals surface area contributed by atoms with Crippen LogP contribution in [-0.4, -0.2) is 52.9 Å². The van der Waals surface area contributed by atoms with Gasteiger partial charge < -0.3 is 29.5 Å². The maximum atomic E-state index is 13.3. The van der Waals surface area contributed by atoms with Crippen LogP contribution in [0.5, 0.6) is 17.2 Å². The van der Waals surface area contributed by atoms with Crippen LogP contribution < -0.4 is 19.9 Å². The maximum absolute atomic E-state index is 13.3. The summed E-state index contributed by atoms with van der Waals surface area (Å²) in [6.07, 6.45) is 6.95. The van der Waals surface area contributed by atoms with Crippen LogP contribution in [0.2, 0.25) is 0 Å². The van der Waals surface area contributed by atoms with Crippen LogP contribution in [-0.2, 0) is 11.2 Å². The monoisotopic (exact) mass is 591 g/mol. The molecule has 0 bridgehead atoms. The van der Waals surface area contributed by atoms with Crippen LogP contribution in [0.25, 0.3) is 0 Å². The Morgan fingerprint density at radius 2 is 1.72 bits per heavy atom. The fourth-order valence-electron chi connectivity index (χ4n) is 4.58. The topological polar surface area (TPSA) is 137 Å². The fourth-order valence-corrected chi connectivity index (χ4v) is 4.58. The van der Waals surface area contributed by atoms with Gasteiger partial charge in [-0.15, -0.1) is 6.58 Å². The van der Waals surface area contributed by atoms with E-state index in [9.17, 15) is 14.7 Å². The van der Waals surface area contributed by atoms with E-state index in [-0.39, 0.29) is 12.5 Å². The number of carboxylic acids is 1. The van der Waals surface area contributed by atoms with Crippen molar-refractivity contribution in [1.82, 2.24) is 9.88 Å². The van der Waals surface area contributed by atoms with Gasteiger partial charge in [-0.1, -0.05) is 30.4 Å². The second-order valence-electron chi connectivity index (χ2n) is 10.2. The molecule has 0 saturated carbocycles. The number of ether oxygens (including phenoxy) is 3. The van der Waals surface area contributed by atoms with E-state index in [1.807, 2.05) is 57.2 Å². The molecule has 1 aliphatic rings. The van der Waals surface area contributed by atoms with E-state index in [4.69, 9.17) is 24.4 Å². The Balaban J connectivity index is 0.000000765. The molecule has 3 atom stereocenters. The first kappa shape index (κ1) is 32.9. The lowest BCUT2D eigenvalue weighted by Gasteiger charge is -2.33. The molecule has 3 aromatic rings. The largest absolute Gasteiger partial charge is 0.497 e. The van der Waals surface area contributed by atoms with Crippen molar-refractivity contribution in [1.29, 1.82) is 0 Å². The molecule has 1 unspecified atom stereocenters. The summed E-state index contributed by atoms with van der Waals surface area (Å²) in [7, 11) is 1.54. The lowest BCUT2D eigenvalue weighted by atomic mass is 10.0. The number of methoxy groups -OCH3 is 1. The van der Waals surface area contributed by atoms with E-state index in [0.29, 0.717) is 42.6 Å². The maximum Gasteiger partial charge on any atom is 0.416 e. The van der Waals surface area contributed by atoms with Crippen molar-refractivity contribution >= 4 is 12.1 Å². The number of oxazole rings is 1. The summed E-state index contributed by atoms with van der Waals surface area (Å²) in [6, 6.07) is 12.5. The summed E-state index contributed by atoms with van der Waals surface area (Å²) in [5.41, 5.74) is 6.98. The number of aryl methyl sites for hydroxylation is 2. The third-order valence-corrected chi connectivity index (χ3v) is 6.73. The molecule has 3 N–H and O–H groups in total. The Kier molecular flexibility index (Phi) is 12.4. The van der Waals surface area contributed by atoms with Crippen molar-refractivity contribution in [3.63, 3.8) is 0 Å². The molecule has 230 valence electrons. The third kappa shape index (κ3) is 9.75. The SMILES string of the molecule is C=CCC(C)N.COc1ccc(OC(=O)N2[C@H](C(=O)O)CC=CC[C@H]2c2ccc(OCCc3nc(C)oc3C)cc2)cc1. The van der Waals surface area contributed by atoms with Crippen LogP contribution >= 0.6 is 0 Å². The van der Waals surface area contributed by atoms with Crippen LogP contribution in [0.3, 0.4) is 0 Å². The van der Waals surface area contributed by atoms with Gasteiger partial charge in [0.15, 0.2) is 5.89 Å². The average molecular weight is 592 g/mol. The van der Waals surface area contributed by atoms with Crippen molar-refractivity contribution < 1.29 is 33.3 Å². The summed E-state index contributed by atoms with van der Waals surface area (Å²) in [5.74, 6) is 1.90. The highest BCUT2D eigenvalue weighted by Gasteiger charge is 2.37. The van der Waals surface area contributed by atoms with Gasteiger partial charge in [-0.05, 0) is 75.1 Å². The minimum Gasteiger partial charge on any atom is -0.497 e. The van der Waals surface area contributed by atoms with Crippen molar-refractivity contribution in [2.75, 3.05) is 13.7 Å². The molecule has 4 rings (SSSR count). The van der Waals surface area contributed by atoms with E-state index in [1.54, 1.807) is 37.5 Å². The first-order valence-electron chi connectivity index (χ1n) is 14.2. The Morgan fingerprint density at radius 3 is 2.26 bits per heavy atom. The minimum atomic E-state index is -1.10. The number of nitrogens with two attached hydrogens (primary N) is 1. The summed E-state index contributed by atoms with van der Waals surface area (Å²) in [4.78, 5) is 31.1. The molecule has 0 aliphatic carbocycles. The molecule has 2 heterocycles. The summed E-state index contributed by atoms with van der Waals surface area (Å²) >= 11 is 0. The normalized spacial score (nSPS) is 16.7. The number of carboxylic acid groups (broad SMARTS) is 1. The van der Waals surface area contributed by atoms with Crippen LogP contribution in [0.4, 0.5) is 4.79 Å². The van der Waals surface area contributed by atoms with Gasteiger partial charge in [-0.2, -0.15) is 0 Å². The van der Waals surface area contributed by atoms with Gasteiger partial charge in [0.05, 0.1) is 25.5 Å². The molecule has 2 aromatic carbocycles. The van der Waals surface area contributed by atoms with Crippen LogP contribution in [0.15, 0.2) is 77.8 Å². The summed E-state index contributed by atoms with van der Waals surface area (Å²) in [5, 5.41) is 9.91. The lowest BCUT2D eigenvalue weighted by Crippen LogP contribution is -2.47. The van der Waals surface area contributed by atoms with E-state index in [0.717, 1.165) is 23.4 Å². The zero-order valence-electron chi connectivity index (χ0n) is 25.2. The van der Waals surface area contributed by atoms with Crippen molar-refractivity contribution in [2.24, 2.45) is 5.73 Å². The Bertz CT molecular complexity index is 1360. The molecule has 0 spiro atoms. The molecule has 1 aliphatic heterocycles. The van der Waals surface area contributed by atoms with E-state index in [1.165, 1.54) is 4.90 Å². The quantitative estimate of drug-likeness (QED) is 0.265. The summed E-state index contributed by atoms with van der Waals surface area (Å²) < 4.78 is 22.0. The number of hydrogen-bond acceptors (Lipinski definition) is 8. The van der Waals surface area contributed by atoms with Crippen LogP contribution in [0.1, 0.15) is 55.1 Å². The second kappa shape index (κ2) is 16.2. The van der Waals surface area contributed by atoms with Crippen molar-refractivity contribution in [3.8, 4) is 17.2 Å². The number of nitrogens with zero attached hydrogens (tertiary/aromatic N) is 2. The first-order chi connectivity index (χ1) is 20.6. The van der Waals surface area contributed by atoms with Gasteiger partial charge in [0.25, 0.3) is 0 Å². The Labute approximate surface area is 252 Å². The van der Waals surface area contributed by atoms with Gasteiger partial charge in [0.1, 0.15) is 29.1 Å². The Hall–Kier alpha value is -4.57. The van der Waals surface area contributed by atoms with Crippen LogP contribution in [0, 0.1) is 13.8 Å². The predicted octanol–water partition coefficient (Wildman–Crippen LogP) is 6.18. The number of aromatic nitrogens is 1. The van der Waals surface area contributed by atoms with Crippen molar-refractivity contribution in [2.45, 2.75) is 64.6 Å². The molecule has 10 nitrogen and oxygen atoms in total. The van der Waals surface area contributed by atoms with Gasteiger partial charge in [0.2, 0.25) is 0 Å². The minimum absolute atomic E-state index is 0.186.